The van der Waals surface area contributed by atoms with Gasteiger partial charge in [0.1, 0.15) is 0 Å². The zero-order chi connectivity index (χ0) is 15.1. The SMILES string of the molecule is NNc1ccc(Cl)cc1C(=O)NCCCN1CCOCC1. The van der Waals surface area contributed by atoms with E-state index in [9.17, 15) is 4.79 Å². The molecule has 1 aromatic carbocycles. The number of morpholine rings is 1. The zero-order valence-electron chi connectivity index (χ0n) is 11.9. The number of nitrogens with one attached hydrogen (secondary N) is 2. The number of rotatable bonds is 6. The van der Waals surface area contributed by atoms with Gasteiger partial charge in [0.25, 0.3) is 5.91 Å². The second kappa shape index (κ2) is 8.19. The van der Waals surface area contributed by atoms with Crippen molar-refractivity contribution in [3.05, 3.63) is 28.8 Å². The first-order valence-corrected chi connectivity index (χ1v) is 7.43. The molecule has 0 saturated carbocycles. The van der Waals surface area contributed by atoms with Gasteiger partial charge in [-0.25, -0.2) is 0 Å². The predicted molar refractivity (Wildman–Crippen MR) is 83.5 cm³/mol. The van der Waals surface area contributed by atoms with Crippen LogP contribution in [0.4, 0.5) is 5.69 Å². The molecule has 4 N–H and O–H groups in total. The highest BCUT2D eigenvalue weighted by Gasteiger charge is 2.12. The van der Waals surface area contributed by atoms with E-state index in [2.05, 4.69) is 15.6 Å². The minimum atomic E-state index is -0.174. The third-order valence-electron chi connectivity index (χ3n) is 3.42. The van der Waals surface area contributed by atoms with Crippen LogP contribution >= 0.6 is 11.6 Å². The Morgan fingerprint density at radius 3 is 2.86 bits per heavy atom. The number of halogens is 1. The molecule has 116 valence electrons. The smallest absolute Gasteiger partial charge is 0.253 e. The first-order valence-electron chi connectivity index (χ1n) is 7.05. The third-order valence-corrected chi connectivity index (χ3v) is 3.66. The van der Waals surface area contributed by atoms with E-state index in [1.807, 2.05) is 0 Å². The summed E-state index contributed by atoms with van der Waals surface area (Å²) >= 11 is 5.91. The number of amides is 1. The highest BCUT2D eigenvalue weighted by Crippen LogP contribution is 2.19. The van der Waals surface area contributed by atoms with Crippen molar-refractivity contribution in [3.8, 4) is 0 Å². The molecule has 0 aliphatic carbocycles. The minimum absolute atomic E-state index is 0.174. The summed E-state index contributed by atoms with van der Waals surface area (Å²) in [6.45, 7) is 5.08. The van der Waals surface area contributed by atoms with Gasteiger partial charge in [-0.2, -0.15) is 0 Å². The Kier molecular flexibility index (Phi) is 6.25. The zero-order valence-corrected chi connectivity index (χ0v) is 12.7. The van der Waals surface area contributed by atoms with E-state index < -0.39 is 0 Å². The Morgan fingerprint density at radius 2 is 2.14 bits per heavy atom. The van der Waals surface area contributed by atoms with Gasteiger partial charge in [-0.15, -0.1) is 0 Å². The van der Waals surface area contributed by atoms with Crippen molar-refractivity contribution in [1.29, 1.82) is 0 Å². The van der Waals surface area contributed by atoms with E-state index in [0.29, 0.717) is 22.8 Å². The summed E-state index contributed by atoms with van der Waals surface area (Å²) in [7, 11) is 0. The summed E-state index contributed by atoms with van der Waals surface area (Å²) in [5, 5.41) is 3.40. The van der Waals surface area contributed by atoms with Crippen molar-refractivity contribution in [1.82, 2.24) is 10.2 Å². The van der Waals surface area contributed by atoms with Gasteiger partial charge in [-0.05, 0) is 31.2 Å². The predicted octanol–water partition coefficient (Wildman–Crippen LogP) is 1.08. The van der Waals surface area contributed by atoms with Crippen LogP contribution in [-0.4, -0.2) is 50.2 Å². The van der Waals surface area contributed by atoms with E-state index in [0.717, 1.165) is 39.3 Å². The largest absolute Gasteiger partial charge is 0.379 e. The van der Waals surface area contributed by atoms with Crippen LogP contribution < -0.4 is 16.6 Å². The summed E-state index contributed by atoms with van der Waals surface area (Å²) in [6.07, 6.45) is 0.900. The number of nitrogen functional groups attached to an aromatic ring is 1. The van der Waals surface area contributed by atoms with Crippen molar-refractivity contribution in [3.63, 3.8) is 0 Å². The topological polar surface area (TPSA) is 79.6 Å². The molecule has 1 aliphatic rings. The van der Waals surface area contributed by atoms with Crippen molar-refractivity contribution in [2.24, 2.45) is 5.84 Å². The lowest BCUT2D eigenvalue weighted by atomic mass is 10.1. The number of anilines is 1. The van der Waals surface area contributed by atoms with Crippen molar-refractivity contribution in [2.45, 2.75) is 6.42 Å². The van der Waals surface area contributed by atoms with Gasteiger partial charge in [0.2, 0.25) is 0 Å². The van der Waals surface area contributed by atoms with Crippen LogP contribution in [0.25, 0.3) is 0 Å². The maximum absolute atomic E-state index is 12.1. The molecule has 1 fully saturated rings. The van der Waals surface area contributed by atoms with Gasteiger partial charge < -0.3 is 15.5 Å². The molecular weight excluding hydrogens is 292 g/mol. The number of nitrogens with zero attached hydrogens (tertiary/aromatic N) is 1. The molecule has 1 aromatic rings. The van der Waals surface area contributed by atoms with Crippen LogP contribution in [-0.2, 0) is 4.74 Å². The Bertz CT molecular complexity index is 478. The molecule has 0 aromatic heterocycles. The highest BCUT2D eigenvalue weighted by molar-refractivity contribution is 6.31. The Balaban J connectivity index is 1.77. The molecule has 1 heterocycles. The molecule has 0 bridgehead atoms. The molecule has 7 heteroatoms. The number of hydrogen-bond acceptors (Lipinski definition) is 5. The number of carbonyl (C=O) groups is 1. The van der Waals surface area contributed by atoms with Crippen LogP contribution in [0.2, 0.25) is 5.02 Å². The average Bonchev–Trinajstić information content (AvgIpc) is 2.52. The summed E-state index contributed by atoms with van der Waals surface area (Å²) in [6, 6.07) is 4.98. The number of hydrazine groups is 1. The van der Waals surface area contributed by atoms with Gasteiger partial charge in [-0.3, -0.25) is 15.5 Å². The van der Waals surface area contributed by atoms with Crippen LogP contribution in [0.15, 0.2) is 18.2 Å². The van der Waals surface area contributed by atoms with Gasteiger partial charge in [0, 0.05) is 24.7 Å². The van der Waals surface area contributed by atoms with Gasteiger partial charge >= 0.3 is 0 Å². The first-order chi connectivity index (χ1) is 10.2. The molecule has 21 heavy (non-hydrogen) atoms. The molecular formula is C14H21ClN4O2. The summed E-state index contributed by atoms with van der Waals surface area (Å²) < 4.78 is 5.30. The molecule has 1 aliphatic heterocycles. The number of benzene rings is 1. The van der Waals surface area contributed by atoms with E-state index in [1.54, 1.807) is 18.2 Å². The Morgan fingerprint density at radius 1 is 1.38 bits per heavy atom. The van der Waals surface area contributed by atoms with Crippen molar-refractivity contribution in [2.75, 3.05) is 44.8 Å². The molecule has 0 atom stereocenters. The normalized spacial score (nSPS) is 15.7. The maximum atomic E-state index is 12.1. The molecule has 0 radical (unpaired) electrons. The highest BCUT2D eigenvalue weighted by atomic mass is 35.5. The molecule has 6 nitrogen and oxygen atoms in total. The molecule has 1 saturated heterocycles. The van der Waals surface area contributed by atoms with Crippen LogP contribution in [0, 0.1) is 0 Å². The molecule has 2 rings (SSSR count). The Hall–Kier alpha value is -1.34. The Labute approximate surface area is 129 Å². The van der Waals surface area contributed by atoms with E-state index in [-0.39, 0.29) is 5.91 Å². The fourth-order valence-electron chi connectivity index (χ4n) is 2.25. The standard InChI is InChI=1S/C14H21ClN4O2/c15-11-2-3-13(18-16)12(10-11)14(20)17-4-1-5-19-6-8-21-9-7-19/h2-3,10,18H,1,4-9,16H2,(H,17,20). The summed E-state index contributed by atoms with van der Waals surface area (Å²) in [5.41, 5.74) is 3.52. The van der Waals surface area contributed by atoms with Gasteiger partial charge in [0.05, 0.1) is 24.5 Å². The fourth-order valence-corrected chi connectivity index (χ4v) is 2.43. The second-order valence-corrected chi connectivity index (χ2v) is 5.33. The lowest BCUT2D eigenvalue weighted by Crippen LogP contribution is -2.38. The molecule has 1 amide bonds. The molecule has 0 unspecified atom stereocenters. The second-order valence-electron chi connectivity index (χ2n) is 4.90. The lowest BCUT2D eigenvalue weighted by molar-refractivity contribution is 0.0374. The summed E-state index contributed by atoms with van der Waals surface area (Å²) in [4.78, 5) is 14.5. The average molecular weight is 313 g/mol. The number of nitrogens with two attached hydrogens (primary N) is 1. The van der Waals surface area contributed by atoms with E-state index >= 15 is 0 Å². The van der Waals surface area contributed by atoms with Gasteiger partial charge in [0.15, 0.2) is 0 Å². The maximum Gasteiger partial charge on any atom is 0.253 e. The van der Waals surface area contributed by atoms with Crippen LogP contribution in [0.1, 0.15) is 16.8 Å². The number of ether oxygens (including phenoxy) is 1. The van der Waals surface area contributed by atoms with Crippen LogP contribution in [0.3, 0.4) is 0 Å². The van der Waals surface area contributed by atoms with Gasteiger partial charge in [-0.1, -0.05) is 11.6 Å². The van der Waals surface area contributed by atoms with E-state index in [1.165, 1.54) is 0 Å². The van der Waals surface area contributed by atoms with Crippen molar-refractivity contribution >= 4 is 23.2 Å². The van der Waals surface area contributed by atoms with E-state index in [4.69, 9.17) is 22.2 Å². The first kappa shape index (κ1) is 16.0. The van der Waals surface area contributed by atoms with Crippen LogP contribution in [0.5, 0.6) is 0 Å². The number of carbonyl (C=O) groups excluding carboxylic acids is 1. The fraction of sp³-hybridized carbons (Fsp3) is 0.500. The lowest BCUT2D eigenvalue weighted by Gasteiger charge is -2.26. The monoisotopic (exact) mass is 312 g/mol. The van der Waals surface area contributed by atoms with Crippen molar-refractivity contribution < 1.29 is 9.53 Å². The molecule has 0 spiro atoms. The number of hydrogen-bond donors (Lipinski definition) is 3. The third kappa shape index (κ3) is 4.86. The quantitative estimate of drug-likeness (QED) is 0.416. The summed E-state index contributed by atoms with van der Waals surface area (Å²) in [5.74, 6) is 5.23. The minimum Gasteiger partial charge on any atom is -0.379 e.